The predicted octanol–water partition coefficient (Wildman–Crippen LogP) is 18.2. The summed E-state index contributed by atoms with van der Waals surface area (Å²) in [6.45, 7) is 23.3. The molecule has 0 aromatic heterocycles. The maximum absolute atomic E-state index is 14.2. The van der Waals surface area contributed by atoms with Crippen molar-refractivity contribution in [3.05, 3.63) is 0 Å². The van der Waals surface area contributed by atoms with E-state index in [9.17, 15) is 9.59 Å². The molecule has 71 heavy (non-hydrogen) atoms. The molecule has 0 aromatic rings. The highest BCUT2D eigenvalue weighted by atomic mass is 16.5. The second-order valence-electron chi connectivity index (χ2n) is 22.9. The monoisotopic (exact) mass is 1000 g/mol. The van der Waals surface area contributed by atoms with Crippen molar-refractivity contribution in [3.8, 4) is 0 Å². The van der Waals surface area contributed by atoms with E-state index in [1.807, 2.05) is 0 Å². The quantitative estimate of drug-likeness (QED) is 0.0447. The molecule has 0 N–H and O–H groups in total. The van der Waals surface area contributed by atoms with E-state index >= 15 is 0 Å². The number of nitrogens with zero attached hydrogens (tertiary/aromatic N) is 4. The van der Waals surface area contributed by atoms with E-state index in [2.05, 4.69) is 54.2 Å². The number of hydrogen-bond donors (Lipinski definition) is 0. The maximum Gasteiger partial charge on any atom is 0.305 e. The van der Waals surface area contributed by atoms with Crippen LogP contribution in [0.1, 0.15) is 317 Å². The Hall–Kier alpha value is -1.18. The van der Waals surface area contributed by atoms with Gasteiger partial charge in [-0.15, -0.1) is 0 Å². The first-order chi connectivity index (χ1) is 35.0. The minimum atomic E-state index is -0.00734. The Kier molecular flexibility index (Phi) is 51.2. The molecule has 1 atom stereocenters. The summed E-state index contributed by atoms with van der Waals surface area (Å²) in [4.78, 5) is 36.9. The van der Waals surface area contributed by atoms with Gasteiger partial charge in [0.25, 0.3) is 0 Å². The van der Waals surface area contributed by atoms with Gasteiger partial charge in [-0.3, -0.25) is 14.5 Å². The van der Waals surface area contributed by atoms with E-state index in [0.29, 0.717) is 31.4 Å². The first kappa shape index (κ1) is 67.8. The van der Waals surface area contributed by atoms with Crippen molar-refractivity contribution in [1.82, 2.24) is 19.6 Å². The first-order valence-corrected chi connectivity index (χ1v) is 32.6. The molecule has 7 nitrogen and oxygen atoms in total. The second-order valence-corrected chi connectivity index (χ2v) is 22.9. The van der Waals surface area contributed by atoms with Gasteiger partial charge in [-0.1, -0.05) is 259 Å². The zero-order valence-electron chi connectivity index (χ0n) is 49.2. The Morgan fingerprint density at radius 1 is 0.380 bits per heavy atom. The van der Waals surface area contributed by atoms with Crippen LogP contribution >= 0.6 is 0 Å². The lowest BCUT2D eigenvalue weighted by Crippen LogP contribution is -2.43. The smallest absolute Gasteiger partial charge is 0.305 e. The number of esters is 1. The number of amides is 1. The van der Waals surface area contributed by atoms with E-state index in [0.717, 1.165) is 84.5 Å². The topological polar surface area (TPSA) is 56.3 Å². The normalized spacial score (nSPS) is 14.0. The van der Waals surface area contributed by atoms with E-state index in [4.69, 9.17) is 4.74 Å². The summed E-state index contributed by atoms with van der Waals surface area (Å²) in [6.07, 6.45) is 57.2. The highest BCUT2D eigenvalue weighted by Gasteiger charge is 2.27. The molecular weight excluding hydrogens is 873 g/mol. The average molecular weight is 1000 g/mol. The van der Waals surface area contributed by atoms with Gasteiger partial charge in [-0.05, 0) is 90.0 Å². The lowest BCUT2D eigenvalue weighted by atomic mass is 10.0. The highest BCUT2D eigenvalue weighted by Crippen LogP contribution is 2.22. The number of unbranched alkanes of at least 4 members (excludes halogenated alkanes) is 35. The molecule has 1 amide bonds. The van der Waals surface area contributed by atoms with Gasteiger partial charge in [-0.2, -0.15) is 0 Å². The molecule has 0 aliphatic carbocycles. The van der Waals surface area contributed by atoms with Crippen LogP contribution in [0, 0.1) is 5.92 Å². The zero-order chi connectivity index (χ0) is 51.3. The van der Waals surface area contributed by atoms with E-state index in [-0.39, 0.29) is 5.97 Å². The van der Waals surface area contributed by atoms with Crippen LogP contribution < -0.4 is 0 Å². The van der Waals surface area contributed by atoms with Gasteiger partial charge in [0.15, 0.2) is 0 Å². The molecule has 422 valence electrons. The predicted molar refractivity (Wildman–Crippen MR) is 312 cm³/mol. The number of hydrogen-bond acceptors (Lipinski definition) is 6. The molecule has 1 rings (SSSR count). The Bertz CT molecular complexity index is 1090. The Morgan fingerprint density at radius 2 is 0.704 bits per heavy atom. The number of ether oxygens (including phenoxy) is 1. The number of carbonyl (C=O) groups is 2. The fraction of sp³-hybridized carbons (Fsp3) is 0.969. The second kappa shape index (κ2) is 53.6. The molecule has 7 heteroatoms. The van der Waals surface area contributed by atoms with Crippen LogP contribution in [0.3, 0.4) is 0 Å². The van der Waals surface area contributed by atoms with Crippen molar-refractivity contribution in [1.29, 1.82) is 0 Å². The molecule has 0 saturated carbocycles. The SMILES string of the molecule is CCCCCCCCCCCCCCN(CCCOC(=O)CCCCCCCCC)CCC1CCN(C(=O)CN(CCCCCCCCC)CCN(CCCCCCCCC)CCCCCCCCC)C1. The van der Waals surface area contributed by atoms with Gasteiger partial charge in [-0.25, -0.2) is 0 Å². The van der Waals surface area contributed by atoms with Gasteiger partial charge in [0.1, 0.15) is 0 Å². The van der Waals surface area contributed by atoms with Crippen LogP contribution in [0.15, 0.2) is 0 Å². The van der Waals surface area contributed by atoms with E-state index in [1.54, 1.807) is 0 Å². The minimum Gasteiger partial charge on any atom is -0.466 e. The standard InChI is InChI=1S/C64H128N4O3/c1-6-11-16-21-26-27-28-29-30-35-39-42-50-65(54-46-59-71-64(70)47-41-36-31-22-17-12-7-2)55-48-62-49-56-68(60-62)63(69)61-67(53-45-40-34-25-20-15-10-5)58-57-66(51-43-37-32-23-18-13-8-3)52-44-38-33-24-19-14-9-4/h62H,6-61H2,1-5H3. The van der Waals surface area contributed by atoms with Crippen molar-refractivity contribution in [2.24, 2.45) is 5.92 Å². The lowest BCUT2D eigenvalue weighted by Gasteiger charge is -2.29. The van der Waals surface area contributed by atoms with E-state index in [1.165, 1.54) is 257 Å². The number of carbonyl (C=O) groups excluding carboxylic acids is 2. The van der Waals surface area contributed by atoms with Crippen molar-refractivity contribution in [2.45, 2.75) is 317 Å². The van der Waals surface area contributed by atoms with Crippen molar-refractivity contribution in [2.75, 3.05) is 78.6 Å². The summed E-state index contributed by atoms with van der Waals surface area (Å²) in [6, 6.07) is 0. The molecule has 1 fully saturated rings. The van der Waals surface area contributed by atoms with Gasteiger partial charge < -0.3 is 19.4 Å². The highest BCUT2D eigenvalue weighted by molar-refractivity contribution is 5.78. The number of rotatable bonds is 57. The lowest BCUT2D eigenvalue weighted by molar-refractivity contribution is -0.144. The summed E-state index contributed by atoms with van der Waals surface area (Å²) in [5.41, 5.74) is 0. The molecular formula is C64H128N4O3. The average Bonchev–Trinajstić information content (AvgIpc) is 3.86. The fourth-order valence-electron chi connectivity index (χ4n) is 11.0. The summed E-state index contributed by atoms with van der Waals surface area (Å²) >= 11 is 0. The molecule has 0 aromatic carbocycles. The van der Waals surface area contributed by atoms with Crippen molar-refractivity contribution >= 4 is 11.9 Å². The minimum absolute atomic E-state index is 0.00734. The van der Waals surface area contributed by atoms with E-state index < -0.39 is 0 Å². The van der Waals surface area contributed by atoms with Crippen molar-refractivity contribution in [3.63, 3.8) is 0 Å². The summed E-state index contributed by atoms with van der Waals surface area (Å²) in [5, 5.41) is 0. The number of likely N-dealkylation sites (tertiary alicyclic amines) is 1. The maximum atomic E-state index is 14.2. The van der Waals surface area contributed by atoms with Crippen LogP contribution in [0.25, 0.3) is 0 Å². The third kappa shape index (κ3) is 44.8. The fourth-order valence-corrected chi connectivity index (χ4v) is 11.0. The third-order valence-corrected chi connectivity index (χ3v) is 16.0. The van der Waals surface area contributed by atoms with Crippen LogP contribution in [0.5, 0.6) is 0 Å². The van der Waals surface area contributed by atoms with Crippen LogP contribution in [-0.2, 0) is 14.3 Å². The van der Waals surface area contributed by atoms with Gasteiger partial charge >= 0.3 is 5.97 Å². The molecule has 1 saturated heterocycles. The summed E-state index contributed by atoms with van der Waals surface area (Å²) in [5.74, 6) is 0.944. The van der Waals surface area contributed by atoms with Gasteiger partial charge in [0.2, 0.25) is 5.91 Å². The Morgan fingerprint density at radius 3 is 1.11 bits per heavy atom. The van der Waals surface area contributed by atoms with Gasteiger partial charge in [0, 0.05) is 39.1 Å². The molecule has 0 bridgehead atoms. The molecule has 0 radical (unpaired) electrons. The summed E-state index contributed by atoms with van der Waals surface area (Å²) < 4.78 is 5.74. The van der Waals surface area contributed by atoms with Gasteiger partial charge in [0.05, 0.1) is 13.2 Å². The molecule has 1 heterocycles. The third-order valence-electron chi connectivity index (χ3n) is 16.0. The molecule has 1 unspecified atom stereocenters. The van der Waals surface area contributed by atoms with Crippen LogP contribution in [0.4, 0.5) is 0 Å². The Balaban J connectivity index is 2.76. The molecule has 1 aliphatic rings. The molecule has 1 aliphatic heterocycles. The van der Waals surface area contributed by atoms with Crippen LogP contribution in [0.2, 0.25) is 0 Å². The zero-order valence-corrected chi connectivity index (χ0v) is 49.2. The first-order valence-electron chi connectivity index (χ1n) is 32.6. The Labute approximate surface area is 445 Å². The van der Waals surface area contributed by atoms with Crippen molar-refractivity contribution < 1.29 is 14.3 Å². The molecule has 0 spiro atoms. The largest absolute Gasteiger partial charge is 0.466 e. The summed E-state index contributed by atoms with van der Waals surface area (Å²) in [7, 11) is 0. The van der Waals surface area contributed by atoms with Crippen LogP contribution in [-0.4, -0.2) is 110 Å².